The molecule has 0 bridgehead atoms. The molecule has 1 saturated heterocycles. The van der Waals surface area contributed by atoms with Gasteiger partial charge in [-0.15, -0.1) is 0 Å². The molecule has 1 heterocycles. The van der Waals surface area contributed by atoms with Gasteiger partial charge in [-0.1, -0.05) is 13.3 Å². The molecule has 3 aliphatic rings. The van der Waals surface area contributed by atoms with E-state index < -0.39 is 0 Å². The number of hydrogen-bond acceptors (Lipinski definition) is 2. The van der Waals surface area contributed by atoms with E-state index in [-0.39, 0.29) is 6.04 Å². The van der Waals surface area contributed by atoms with Crippen molar-refractivity contribution < 1.29 is 4.79 Å². The van der Waals surface area contributed by atoms with Crippen molar-refractivity contribution in [3.05, 3.63) is 0 Å². The number of hydrogen-bond donors (Lipinski definition) is 1. The average molecular weight is 236 g/mol. The van der Waals surface area contributed by atoms with Crippen LogP contribution < -0.4 is 5.32 Å². The number of likely N-dealkylation sites (tertiary alicyclic amines) is 1. The van der Waals surface area contributed by atoms with E-state index in [2.05, 4.69) is 17.1 Å². The minimum atomic E-state index is 0.136. The molecular weight excluding hydrogens is 212 g/mol. The van der Waals surface area contributed by atoms with Crippen LogP contribution >= 0.6 is 0 Å². The number of rotatable bonds is 5. The second kappa shape index (κ2) is 4.27. The molecule has 1 unspecified atom stereocenters. The van der Waals surface area contributed by atoms with Gasteiger partial charge in [0.05, 0.1) is 6.04 Å². The molecule has 1 amide bonds. The van der Waals surface area contributed by atoms with Crippen LogP contribution in [0.1, 0.15) is 51.9 Å². The van der Waals surface area contributed by atoms with Gasteiger partial charge in [0.15, 0.2) is 0 Å². The molecular formula is C14H24N2O. The number of carbonyl (C=O) groups is 1. The van der Waals surface area contributed by atoms with E-state index in [0.29, 0.717) is 17.4 Å². The first-order chi connectivity index (χ1) is 8.22. The van der Waals surface area contributed by atoms with Crippen LogP contribution in [-0.4, -0.2) is 36.0 Å². The summed E-state index contributed by atoms with van der Waals surface area (Å²) in [5.41, 5.74) is 0.476. The topological polar surface area (TPSA) is 32.3 Å². The van der Waals surface area contributed by atoms with Crippen LogP contribution in [-0.2, 0) is 4.79 Å². The van der Waals surface area contributed by atoms with Crippen LogP contribution in [0.4, 0.5) is 0 Å². The van der Waals surface area contributed by atoms with Gasteiger partial charge in [-0.3, -0.25) is 4.79 Å². The molecule has 3 rings (SSSR count). The fourth-order valence-corrected chi connectivity index (χ4v) is 3.29. The van der Waals surface area contributed by atoms with Crippen molar-refractivity contribution >= 4 is 5.91 Å². The van der Waals surface area contributed by atoms with E-state index in [1.807, 2.05) is 0 Å². The fourth-order valence-electron chi connectivity index (χ4n) is 3.29. The third-order valence-electron chi connectivity index (χ3n) is 5.00. The first kappa shape index (κ1) is 11.5. The molecule has 1 N–H and O–H groups in total. The monoisotopic (exact) mass is 236 g/mol. The minimum absolute atomic E-state index is 0.136. The average Bonchev–Trinajstić information content (AvgIpc) is 3.02. The third-order valence-corrected chi connectivity index (χ3v) is 5.00. The summed E-state index contributed by atoms with van der Waals surface area (Å²) < 4.78 is 0. The van der Waals surface area contributed by atoms with E-state index >= 15 is 0 Å². The summed E-state index contributed by atoms with van der Waals surface area (Å²) in [6.07, 6.45) is 8.81. The molecule has 0 spiro atoms. The molecule has 1 aliphatic heterocycles. The van der Waals surface area contributed by atoms with Crippen LogP contribution in [0, 0.1) is 5.41 Å². The highest BCUT2D eigenvalue weighted by atomic mass is 16.2. The van der Waals surface area contributed by atoms with Crippen molar-refractivity contribution in [2.45, 2.75) is 64.0 Å². The predicted molar refractivity (Wildman–Crippen MR) is 67.7 cm³/mol. The van der Waals surface area contributed by atoms with Crippen molar-refractivity contribution in [2.75, 3.05) is 13.1 Å². The Hall–Kier alpha value is -0.570. The van der Waals surface area contributed by atoms with E-state index in [1.54, 1.807) is 0 Å². The van der Waals surface area contributed by atoms with Crippen LogP contribution in [0.5, 0.6) is 0 Å². The van der Waals surface area contributed by atoms with Crippen LogP contribution in [0.3, 0.4) is 0 Å². The van der Waals surface area contributed by atoms with Crippen molar-refractivity contribution in [3.8, 4) is 0 Å². The molecule has 1 atom stereocenters. The first-order valence-electron chi connectivity index (χ1n) is 7.27. The SMILES string of the molecule is CCC1(CN2CCC(NC3CC3)C2=O)CCC1. The second-order valence-corrected chi connectivity index (χ2v) is 6.25. The lowest BCUT2D eigenvalue weighted by molar-refractivity contribution is -0.131. The Balaban J connectivity index is 1.55. The van der Waals surface area contributed by atoms with Gasteiger partial charge < -0.3 is 10.2 Å². The van der Waals surface area contributed by atoms with Crippen LogP contribution in [0.25, 0.3) is 0 Å². The number of carbonyl (C=O) groups excluding carboxylic acids is 1. The Kier molecular flexibility index (Phi) is 2.89. The Morgan fingerprint density at radius 1 is 1.35 bits per heavy atom. The molecule has 17 heavy (non-hydrogen) atoms. The number of nitrogens with one attached hydrogen (secondary N) is 1. The lowest BCUT2D eigenvalue weighted by atomic mass is 9.67. The summed E-state index contributed by atoms with van der Waals surface area (Å²) in [4.78, 5) is 14.4. The third kappa shape index (κ3) is 2.22. The normalized spacial score (nSPS) is 31.7. The standard InChI is InChI=1S/C14H24N2O/c1-2-14(7-3-8-14)10-16-9-6-12(13(16)17)15-11-4-5-11/h11-12,15H,2-10H2,1H3. The maximum atomic E-state index is 12.3. The quantitative estimate of drug-likeness (QED) is 0.791. The summed E-state index contributed by atoms with van der Waals surface area (Å²) in [5, 5.41) is 3.48. The lowest BCUT2D eigenvalue weighted by Gasteiger charge is -2.43. The summed E-state index contributed by atoms with van der Waals surface area (Å²) in [7, 11) is 0. The van der Waals surface area contributed by atoms with Gasteiger partial charge in [0.25, 0.3) is 0 Å². The summed E-state index contributed by atoms with van der Waals surface area (Å²) in [6.45, 7) is 4.27. The summed E-state index contributed by atoms with van der Waals surface area (Å²) in [6, 6.07) is 0.782. The zero-order chi connectivity index (χ0) is 11.9. The van der Waals surface area contributed by atoms with Crippen molar-refractivity contribution in [3.63, 3.8) is 0 Å². The highest BCUT2D eigenvalue weighted by molar-refractivity contribution is 5.84. The molecule has 0 aromatic carbocycles. The molecule has 3 heteroatoms. The maximum Gasteiger partial charge on any atom is 0.239 e. The van der Waals surface area contributed by atoms with E-state index in [4.69, 9.17) is 0 Å². The van der Waals surface area contributed by atoms with Crippen molar-refractivity contribution in [1.29, 1.82) is 0 Å². The van der Waals surface area contributed by atoms with Gasteiger partial charge >= 0.3 is 0 Å². The summed E-state index contributed by atoms with van der Waals surface area (Å²) in [5.74, 6) is 0.372. The Bertz CT molecular complexity index is 302. The van der Waals surface area contributed by atoms with Crippen molar-refractivity contribution in [1.82, 2.24) is 10.2 Å². The molecule has 2 aliphatic carbocycles. The van der Waals surface area contributed by atoms with Gasteiger partial charge in [-0.05, 0) is 43.9 Å². The Labute approximate surface area is 104 Å². The Morgan fingerprint density at radius 3 is 2.65 bits per heavy atom. The summed E-state index contributed by atoms with van der Waals surface area (Å²) >= 11 is 0. The van der Waals surface area contributed by atoms with Crippen LogP contribution in [0.15, 0.2) is 0 Å². The van der Waals surface area contributed by atoms with Gasteiger partial charge in [0.2, 0.25) is 5.91 Å². The van der Waals surface area contributed by atoms with Gasteiger partial charge in [-0.2, -0.15) is 0 Å². The zero-order valence-corrected chi connectivity index (χ0v) is 10.9. The highest BCUT2D eigenvalue weighted by Crippen LogP contribution is 2.44. The van der Waals surface area contributed by atoms with E-state index in [0.717, 1.165) is 19.5 Å². The predicted octanol–water partition coefficient (Wildman–Crippen LogP) is 1.92. The van der Waals surface area contributed by atoms with E-state index in [1.165, 1.54) is 38.5 Å². The van der Waals surface area contributed by atoms with Gasteiger partial charge in [-0.25, -0.2) is 0 Å². The molecule has 96 valence electrons. The number of amides is 1. The van der Waals surface area contributed by atoms with Crippen LogP contribution in [0.2, 0.25) is 0 Å². The lowest BCUT2D eigenvalue weighted by Crippen LogP contribution is -2.45. The van der Waals surface area contributed by atoms with Gasteiger partial charge in [0.1, 0.15) is 0 Å². The smallest absolute Gasteiger partial charge is 0.239 e. The zero-order valence-electron chi connectivity index (χ0n) is 10.9. The maximum absolute atomic E-state index is 12.3. The van der Waals surface area contributed by atoms with Crippen molar-refractivity contribution in [2.24, 2.45) is 5.41 Å². The molecule has 3 fully saturated rings. The van der Waals surface area contributed by atoms with Gasteiger partial charge in [0, 0.05) is 19.1 Å². The minimum Gasteiger partial charge on any atom is -0.341 e. The first-order valence-corrected chi connectivity index (χ1v) is 7.27. The number of nitrogens with zero attached hydrogens (tertiary/aromatic N) is 1. The largest absolute Gasteiger partial charge is 0.341 e. The highest BCUT2D eigenvalue weighted by Gasteiger charge is 2.42. The second-order valence-electron chi connectivity index (χ2n) is 6.25. The molecule has 0 aromatic heterocycles. The molecule has 3 nitrogen and oxygen atoms in total. The van der Waals surface area contributed by atoms with E-state index in [9.17, 15) is 4.79 Å². The fraction of sp³-hybridized carbons (Fsp3) is 0.929. The molecule has 0 radical (unpaired) electrons. The molecule has 0 aromatic rings. The molecule has 2 saturated carbocycles. The Morgan fingerprint density at radius 2 is 2.12 bits per heavy atom.